The van der Waals surface area contributed by atoms with E-state index in [1.807, 2.05) is 47.6 Å². The van der Waals surface area contributed by atoms with Crippen molar-refractivity contribution in [3.8, 4) is 0 Å². The quantitative estimate of drug-likeness (QED) is 0.776. The number of piperazine rings is 1. The molecule has 1 aromatic heterocycles. The van der Waals surface area contributed by atoms with E-state index < -0.39 is 0 Å². The van der Waals surface area contributed by atoms with E-state index in [0.29, 0.717) is 0 Å². The number of carbonyl (C=O) groups is 1. The van der Waals surface area contributed by atoms with Crippen molar-refractivity contribution in [2.75, 3.05) is 31.1 Å². The number of H-pyrrole nitrogens is 1. The molecule has 5 heteroatoms. The van der Waals surface area contributed by atoms with Crippen LogP contribution in [0.1, 0.15) is 5.56 Å². The van der Waals surface area contributed by atoms with E-state index in [2.05, 4.69) is 37.9 Å². The molecule has 3 rings (SSSR count). The smallest absolute Gasteiger partial charge is 0.246 e. The van der Waals surface area contributed by atoms with Gasteiger partial charge in [0.2, 0.25) is 5.91 Å². The Labute approximate surface area is 144 Å². The number of rotatable bonds is 3. The first-order valence-electron chi connectivity index (χ1n) is 7.66. The molecule has 2 heterocycles. The fourth-order valence-corrected chi connectivity index (χ4v) is 3.07. The van der Waals surface area contributed by atoms with E-state index >= 15 is 0 Å². The fraction of sp³-hybridized carbons (Fsp3) is 0.222. The van der Waals surface area contributed by atoms with Crippen molar-refractivity contribution >= 4 is 33.6 Å². The molecule has 0 bridgehead atoms. The van der Waals surface area contributed by atoms with Crippen LogP contribution in [-0.4, -0.2) is 37.0 Å². The molecule has 0 atom stereocenters. The second kappa shape index (κ2) is 7.42. The van der Waals surface area contributed by atoms with Gasteiger partial charge in [-0.05, 0) is 23.8 Å². The zero-order valence-electron chi connectivity index (χ0n) is 12.8. The van der Waals surface area contributed by atoms with E-state index in [-0.39, 0.29) is 5.91 Å². The largest absolute Gasteiger partial charge is 0.368 e. The van der Waals surface area contributed by atoms with Crippen LogP contribution in [0.4, 0.5) is 5.69 Å². The Kier molecular flexibility index (Phi) is 5.08. The molecule has 1 aliphatic heterocycles. The molecule has 118 valence electrons. The number of halogens is 1. The van der Waals surface area contributed by atoms with Gasteiger partial charge in [-0.15, -0.1) is 0 Å². The lowest BCUT2D eigenvalue weighted by Gasteiger charge is -2.35. The minimum Gasteiger partial charge on any atom is -0.368 e. The maximum absolute atomic E-state index is 12.3. The van der Waals surface area contributed by atoms with Crippen LogP contribution in [0.3, 0.4) is 0 Å². The van der Waals surface area contributed by atoms with Crippen molar-refractivity contribution in [2.45, 2.75) is 0 Å². The minimum absolute atomic E-state index is 0.0750. The maximum Gasteiger partial charge on any atom is 0.246 e. The van der Waals surface area contributed by atoms with E-state index in [4.69, 9.17) is 0 Å². The highest BCUT2D eigenvalue weighted by Crippen LogP contribution is 2.15. The number of aromatic amines is 1. The SMILES string of the molecule is O=C(/C=C/c1cccc(Br)c1)N1CCN(c2cc[nH+]cc2)CC1. The van der Waals surface area contributed by atoms with Crippen LogP contribution in [0.15, 0.2) is 59.3 Å². The van der Waals surface area contributed by atoms with Gasteiger partial charge in [0.05, 0.1) is 0 Å². The number of carbonyl (C=O) groups excluding carboxylic acids is 1. The number of aromatic nitrogens is 1. The first-order valence-corrected chi connectivity index (χ1v) is 8.45. The molecular formula is C18H19BrN3O+. The Hall–Kier alpha value is -2.14. The zero-order valence-corrected chi connectivity index (χ0v) is 14.4. The van der Waals surface area contributed by atoms with Gasteiger partial charge in [0, 0.05) is 54.5 Å². The number of benzene rings is 1. The third kappa shape index (κ3) is 4.20. The van der Waals surface area contributed by atoms with Crippen molar-refractivity contribution in [3.05, 3.63) is 64.9 Å². The standard InChI is InChI=1S/C18H18BrN3O/c19-16-3-1-2-15(14-16)4-5-18(23)22-12-10-21(11-13-22)17-6-8-20-9-7-17/h1-9,14H,10-13H2/p+1/b5-4+. The second-order valence-corrected chi connectivity index (χ2v) is 6.37. The van der Waals surface area contributed by atoms with Crippen LogP contribution in [0.2, 0.25) is 0 Å². The average molecular weight is 373 g/mol. The summed E-state index contributed by atoms with van der Waals surface area (Å²) < 4.78 is 1.01. The Morgan fingerprint density at radius 3 is 2.52 bits per heavy atom. The van der Waals surface area contributed by atoms with Gasteiger partial charge in [-0.3, -0.25) is 4.79 Å². The van der Waals surface area contributed by atoms with Gasteiger partial charge in [0.25, 0.3) is 0 Å². The predicted octanol–water partition coefficient (Wildman–Crippen LogP) is 2.63. The van der Waals surface area contributed by atoms with Gasteiger partial charge in [-0.25, -0.2) is 4.98 Å². The molecule has 1 saturated heterocycles. The fourth-order valence-electron chi connectivity index (χ4n) is 2.66. The van der Waals surface area contributed by atoms with Gasteiger partial charge < -0.3 is 9.80 Å². The van der Waals surface area contributed by atoms with Crippen molar-refractivity contribution < 1.29 is 9.78 Å². The third-order valence-electron chi connectivity index (χ3n) is 3.92. The van der Waals surface area contributed by atoms with Crippen molar-refractivity contribution in [1.82, 2.24) is 4.90 Å². The molecule has 0 spiro atoms. The molecule has 1 amide bonds. The number of pyridine rings is 1. The Morgan fingerprint density at radius 2 is 1.83 bits per heavy atom. The number of nitrogens with one attached hydrogen (secondary N) is 1. The number of amides is 1. The summed E-state index contributed by atoms with van der Waals surface area (Å²) in [5.41, 5.74) is 2.22. The topological polar surface area (TPSA) is 37.7 Å². The summed E-state index contributed by atoms with van der Waals surface area (Å²) in [6, 6.07) is 12.0. The van der Waals surface area contributed by atoms with Gasteiger partial charge in [-0.1, -0.05) is 28.1 Å². The lowest BCUT2D eigenvalue weighted by molar-refractivity contribution is -0.377. The van der Waals surface area contributed by atoms with E-state index in [1.165, 1.54) is 5.69 Å². The first kappa shape index (κ1) is 15.7. The summed E-state index contributed by atoms with van der Waals surface area (Å²) in [6.07, 6.45) is 7.38. The van der Waals surface area contributed by atoms with Crippen molar-refractivity contribution in [3.63, 3.8) is 0 Å². The summed E-state index contributed by atoms with van der Waals surface area (Å²) in [4.78, 5) is 19.5. The molecule has 0 aliphatic carbocycles. The summed E-state index contributed by atoms with van der Waals surface area (Å²) >= 11 is 3.44. The molecule has 23 heavy (non-hydrogen) atoms. The molecule has 0 unspecified atom stereocenters. The Morgan fingerprint density at radius 1 is 1.09 bits per heavy atom. The van der Waals surface area contributed by atoms with E-state index in [1.54, 1.807) is 6.08 Å². The van der Waals surface area contributed by atoms with Gasteiger partial charge >= 0.3 is 0 Å². The highest BCUT2D eigenvalue weighted by atomic mass is 79.9. The van der Waals surface area contributed by atoms with E-state index in [0.717, 1.165) is 36.2 Å². The monoisotopic (exact) mass is 372 g/mol. The second-order valence-electron chi connectivity index (χ2n) is 5.46. The normalized spacial score (nSPS) is 15.2. The molecule has 2 aromatic rings. The number of anilines is 1. The molecule has 1 N–H and O–H groups in total. The summed E-state index contributed by atoms with van der Waals surface area (Å²) in [5, 5.41) is 0. The van der Waals surface area contributed by atoms with Crippen LogP contribution in [-0.2, 0) is 4.79 Å². The molecule has 1 aliphatic rings. The van der Waals surface area contributed by atoms with Gasteiger partial charge in [0.1, 0.15) is 0 Å². The van der Waals surface area contributed by atoms with Crippen molar-refractivity contribution in [1.29, 1.82) is 0 Å². The number of nitrogens with zero attached hydrogens (tertiary/aromatic N) is 2. The lowest BCUT2D eigenvalue weighted by atomic mass is 10.2. The highest BCUT2D eigenvalue weighted by molar-refractivity contribution is 9.10. The lowest BCUT2D eigenvalue weighted by Crippen LogP contribution is -2.48. The van der Waals surface area contributed by atoms with Crippen LogP contribution in [0.5, 0.6) is 0 Å². The maximum atomic E-state index is 12.3. The van der Waals surface area contributed by atoms with Crippen molar-refractivity contribution in [2.24, 2.45) is 0 Å². The van der Waals surface area contributed by atoms with E-state index in [9.17, 15) is 4.79 Å². The Bertz CT molecular complexity index is 694. The highest BCUT2D eigenvalue weighted by Gasteiger charge is 2.19. The van der Waals surface area contributed by atoms with Gasteiger partial charge in [0.15, 0.2) is 12.4 Å². The van der Waals surface area contributed by atoms with Gasteiger partial charge in [-0.2, -0.15) is 0 Å². The first-order chi connectivity index (χ1) is 11.2. The molecule has 1 aromatic carbocycles. The van der Waals surface area contributed by atoms with Crippen LogP contribution >= 0.6 is 15.9 Å². The summed E-state index contributed by atoms with van der Waals surface area (Å²) in [7, 11) is 0. The number of hydrogen-bond donors (Lipinski definition) is 0. The Balaban J connectivity index is 1.56. The molecule has 0 radical (unpaired) electrons. The predicted molar refractivity (Wildman–Crippen MR) is 95.0 cm³/mol. The number of hydrogen-bond acceptors (Lipinski definition) is 2. The summed E-state index contributed by atoms with van der Waals surface area (Å²) in [5.74, 6) is 0.0750. The molecule has 1 fully saturated rings. The molecule has 4 nitrogen and oxygen atoms in total. The average Bonchev–Trinajstić information content (AvgIpc) is 2.61. The van der Waals surface area contributed by atoms with Crippen LogP contribution in [0.25, 0.3) is 6.08 Å². The molecular weight excluding hydrogens is 354 g/mol. The third-order valence-corrected chi connectivity index (χ3v) is 4.42. The molecule has 0 saturated carbocycles. The van der Waals surface area contributed by atoms with Crippen LogP contribution < -0.4 is 9.88 Å². The minimum atomic E-state index is 0.0750. The van der Waals surface area contributed by atoms with Crippen LogP contribution in [0, 0.1) is 0 Å². The zero-order chi connectivity index (χ0) is 16.1. The summed E-state index contributed by atoms with van der Waals surface area (Å²) in [6.45, 7) is 3.22.